The number of benzene rings is 2. The summed E-state index contributed by atoms with van der Waals surface area (Å²) in [7, 11) is 0. The topological polar surface area (TPSA) is 29.3 Å². The van der Waals surface area contributed by atoms with Crippen molar-refractivity contribution in [3.05, 3.63) is 71.3 Å². The van der Waals surface area contributed by atoms with E-state index in [9.17, 15) is 0 Å². The van der Waals surface area contributed by atoms with Crippen LogP contribution in [0, 0.1) is 0 Å². The second kappa shape index (κ2) is 6.88. The van der Waals surface area contributed by atoms with Crippen molar-refractivity contribution in [2.75, 3.05) is 13.1 Å². The highest BCUT2D eigenvalue weighted by Gasteiger charge is 2.21. The normalized spacial score (nSPS) is 17.0. The van der Waals surface area contributed by atoms with Gasteiger partial charge in [-0.05, 0) is 42.5 Å². The lowest BCUT2D eigenvalue weighted by atomic mass is 10.0. The third kappa shape index (κ3) is 3.52. The summed E-state index contributed by atoms with van der Waals surface area (Å²) in [5.41, 5.74) is 10.4. The lowest BCUT2D eigenvalue weighted by molar-refractivity contribution is 0.193. The van der Waals surface area contributed by atoms with Gasteiger partial charge in [0, 0.05) is 19.1 Å². The fourth-order valence-electron chi connectivity index (χ4n) is 3.29. The van der Waals surface area contributed by atoms with Crippen LogP contribution in [0.1, 0.15) is 23.1 Å². The molecule has 2 aromatic rings. The average Bonchev–Trinajstić information content (AvgIpc) is 2.76. The minimum atomic E-state index is 0.429. The Labute approximate surface area is 127 Å². The standard InChI is InChI=1S/C19H24N2/c20-14-19(13-16-7-2-1-3-8-16)21-12-6-11-17-9-4-5-10-18(17)15-21/h1-5,7-10,19H,6,11-15,20H2. The molecule has 0 amide bonds. The fourth-order valence-corrected chi connectivity index (χ4v) is 3.29. The van der Waals surface area contributed by atoms with E-state index in [1.54, 1.807) is 0 Å². The molecule has 1 aliphatic rings. The molecule has 3 rings (SSSR count). The third-order valence-corrected chi connectivity index (χ3v) is 4.49. The average molecular weight is 280 g/mol. The number of rotatable bonds is 4. The quantitative estimate of drug-likeness (QED) is 0.933. The van der Waals surface area contributed by atoms with E-state index in [-0.39, 0.29) is 0 Å². The van der Waals surface area contributed by atoms with Crippen LogP contribution in [0.5, 0.6) is 0 Å². The largest absolute Gasteiger partial charge is 0.329 e. The van der Waals surface area contributed by atoms with Gasteiger partial charge >= 0.3 is 0 Å². The summed E-state index contributed by atoms with van der Waals surface area (Å²) in [5.74, 6) is 0. The molecule has 0 bridgehead atoms. The van der Waals surface area contributed by atoms with Gasteiger partial charge in [0.2, 0.25) is 0 Å². The Morgan fingerprint density at radius 3 is 2.43 bits per heavy atom. The molecule has 0 spiro atoms. The number of aryl methyl sites for hydroxylation is 1. The van der Waals surface area contributed by atoms with Crippen LogP contribution in [-0.2, 0) is 19.4 Å². The van der Waals surface area contributed by atoms with Crippen molar-refractivity contribution < 1.29 is 0 Å². The monoisotopic (exact) mass is 280 g/mol. The van der Waals surface area contributed by atoms with Gasteiger partial charge in [-0.25, -0.2) is 0 Å². The number of hydrogen-bond acceptors (Lipinski definition) is 2. The van der Waals surface area contributed by atoms with Crippen LogP contribution in [-0.4, -0.2) is 24.0 Å². The molecule has 21 heavy (non-hydrogen) atoms. The van der Waals surface area contributed by atoms with E-state index in [1.807, 2.05) is 0 Å². The van der Waals surface area contributed by atoms with Crippen LogP contribution < -0.4 is 5.73 Å². The van der Waals surface area contributed by atoms with Gasteiger partial charge in [0.15, 0.2) is 0 Å². The van der Waals surface area contributed by atoms with Crippen LogP contribution in [0.4, 0.5) is 0 Å². The molecule has 0 radical (unpaired) electrons. The van der Waals surface area contributed by atoms with E-state index < -0.39 is 0 Å². The molecule has 2 heteroatoms. The maximum Gasteiger partial charge on any atom is 0.0262 e. The zero-order valence-electron chi connectivity index (χ0n) is 12.5. The van der Waals surface area contributed by atoms with E-state index in [4.69, 9.17) is 5.73 Å². The molecule has 2 nitrogen and oxygen atoms in total. The van der Waals surface area contributed by atoms with E-state index in [0.717, 1.165) is 26.1 Å². The smallest absolute Gasteiger partial charge is 0.0262 e. The first kappa shape index (κ1) is 14.3. The SMILES string of the molecule is NCC(Cc1ccccc1)N1CCCc2ccccc2C1. The number of nitrogens with zero attached hydrogens (tertiary/aromatic N) is 1. The number of fused-ring (bicyclic) bond motifs is 1. The molecule has 2 N–H and O–H groups in total. The first-order valence-electron chi connectivity index (χ1n) is 7.91. The Morgan fingerprint density at radius 1 is 0.952 bits per heavy atom. The second-order valence-corrected chi connectivity index (χ2v) is 5.92. The first-order valence-corrected chi connectivity index (χ1v) is 7.91. The molecular formula is C19H24N2. The highest BCUT2D eigenvalue weighted by Crippen LogP contribution is 2.21. The van der Waals surface area contributed by atoms with Gasteiger partial charge in [0.1, 0.15) is 0 Å². The highest BCUT2D eigenvalue weighted by atomic mass is 15.2. The van der Waals surface area contributed by atoms with E-state index in [1.165, 1.54) is 29.5 Å². The summed E-state index contributed by atoms with van der Waals surface area (Å²) in [4.78, 5) is 2.57. The van der Waals surface area contributed by atoms with Crippen molar-refractivity contribution in [1.29, 1.82) is 0 Å². The van der Waals surface area contributed by atoms with Gasteiger partial charge in [-0.3, -0.25) is 4.90 Å². The molecular weight excluding hydrogens is 256 g/mol. The number of nitrogens with two attached hydrogens (primary N) is 1. The highest BCUT2D eigenvalue weighted by molar-refractivity contribution is 5.28. The molecule has 1 atom stereocenters. The van der Waals surface area contributed by atoms with Crippen molar-refractivity contribution in [3.8, 4) is 0 Å². The van der Waals surface area contributed by atoms with Crippen LogP contribution in [0.25, 0.3) is 0 Å². The van der Waals surface area contributed by atoms with Crippen LogP contribution in [0.15, 0.2) is 54.6 Å². The lowest BCUT2D eigenvalue weighted by Gasteiger charge is -2.30. The molecule has 0 saturated heterocycles. The molecule has 0 aromatic heterocycles. The van der Waals surface area contributed by atoms with Gasteiger partial charge in [-0.1, -0.05) is 54.6 Å². The molecule has 1 aliphatic heterocycles. The Bertz CT molecular complexity index is 565. The molecule has 0 saturated carbocycles. The summed E-state index contributed by atoms with van der Waals surface area (Å²) in [5, 5.41) is 0. The summed E-state index contributed by atoms with van der Waals surface area (Å²) >= 11 is 0. The zero-order valence-corrected chi connectivity index (χ0v) is 12.5. The van der Waals surface area contributed by atoms with Crippen molar-refractivity contribution in [2.24, 2.45) is 5.73 Å². The van der Waals surface area contributed by atoms with Gasteiger partial charge < -0.3 is 5.73 Å². The zero-order chi connectivity index (χ0) is 14.5. The maximum atomic E-state index is 6.08. The molecule has 2 aromatic carbocycles. The second-order valence-electron chi connectivity index (χ2n) is 5.92. The summed E-state index contributed by atoms with van der Waals surface area (Å²) in [6.45, 7) is 2.89. The number of hydrogen-bond donors (Lipinski definition) is 1. The Morgan fingerprint density at radius 2 is 1.67 bits per heavy atom. The summed E-state index contributed by atoms with van der Waals surface area (Å²) < 4.78 is 0. The Kier molecular flexibility index (Phi) is 4.69. The van der Waals surface area contributed by atoms with Gasteiger partial charge in [0.05, 0.1) is 0 Å². The van der Waals surface area contributed by atoms with Crippen LogP contribution >= 0.6 is 0 Å². The fraction of sp³-hybridized carbons (Fsp3) is 0.368. The molecule has 0 fully saturated rings. The van der Waals surface area contributed by atoms with Crippen molar-refractivity contribution in [1.82, 2.24) is 4.90 Å². The Hall–Kier alpha value is -1.64. The van der Waals surface area contributed by atoms with Crippen molar-refractivity contribution in [2.45, 2.75) is 31.8 Å². The lowest BCUT2D eigenvalue weighted by Crippen LogP contribution is -2.41. The first-order chi connectivity index (χ1) is 10.4. The van der Waals surface area contributed by atoms with Crippen LogP contribution in [0.2, 0.25) is 0 Å². The summed E-state index contributed by atoms with van der Waals surface area (Å²) in [6, 6.07) is 20.0. The summed E-state index contributed by atoms with van der Waals surface area (Å²) in [6.07, 6.45) is 3.46. The van der Waals surface area contributed by atoms with E-state index in [0.29, 0.717) is 6.04 Å². The Balaban J connectivity index is 1.75. The van der Waals surface area contributed by atoms with Crippen molar-refractivity contribution >= 4 is 0 Å². The van der Waals surface area contributed by atoms with Gasteiger partial charge in [-0.2, -0.15) is 0 Å². The predicted octanol–water partition coefficient (Wildman–Crippen LogP) is 3.00. The minimum Gasteiger partial charge on any atom is -0.329 e. The van der Waals surface area contributed by atoms with E-state index >= 15 is 0 Å². The molecule has 0 aliphatic carbocycles. The van der Waals surface area contributed by atoms with Crippen molar-refractivity contribution in [3.63, 3.8) is 0 Å². The van der Waals surface area contributed by atoms with Crippen LogP contribution in [0.3, 0.4) is 0 Å². The molecule has 1 unspecified atom stereocenters. The van der Waals surface area contributed by atoms with Gasteiger partial charge in [-0.15, -0.1) is 0 Å². The molecule has 110 valence electrons. The van der Waals surface area contributed by atoms with E-state index in [2.05, 4.69) is 59.5 Å². The maximum absolute atomic E-state index is 6.08. The predicted molar refractivity (Wildman–Crippen MR) is 88.2 cm³/mol. The third-order valence-electron chi connectivity index (χ3n) is 4.49. The minimum absolute atomic E-state index is 0.429. The van der Waals surface area contributed by atoms with Gasteiger partial charge in [0.25, 0.3) is 0 Å². The molecule has 1 heterocycles.